The van der Waals surface area contributed by atoms with Crippen LogP contribution in [0.1, 0.15) is 31.4 Å². The third kappa shape index (κ3) is 3.10. The zero-order valence-electron chi connectivity index (χ0n) is 11.8. The first kappa shape index (κ1) is 14.8. The Morgan fingerprint density at radius 3 is 2.95 bits per heavy atom. The second-order valence-corrected chi connectivity index (χ2v) is 5.23. The van der Waals surface area contributed by atoms with Gasteiger partial charge >= 0.3 is 5.97 Å². The lowest BCUT2D eigenvalue weighted by Gasteiger charge is -2.35. The molecule has 2 rings (SSSR count). The molecule has 1 aromatic rings. The predicted octanol–water partition coefficient (Wildman–Crippen LogP) is 2.69. The van der Waals surface area contributed by atoms with E-state index in [0.717, 1.165) is 18.5 Å². The smallest absolute Gasteiger partial charge is 0.307 e. The summed E-state index contributed by atoms with van der Waals surface area (Å²) in [5.74, 6) is -0.769. The van der Waals surface area contributed by atoms with E-state index in [0.29, 0.717) is 18.7 Å². The van der Waals surface area contributed by atoms with Gasteiger partial charge in [-0.25, -0.2) is 4.39 Å². The van der Waals surface area contributed by atoms with Crippen molar-refractivity contribution < 1.29 is 19.0 Å². The van der Waals surface area contributed by atoms with Crippen molar-refractivity contribution in [2.45, 2.75) is 25.8 Å². The van der Waals surface area contributed by atoms with Crippen LogP contribution in [-0.4, -0.2) is 36.2 Å². The molecule has 2 unspecified atom stereocenters. The zero-order valence-corrected chi connectivity index (χ0v) is 11.8. The van der Waals surface area contributed by atoms with Crippen LogP contribution in [0.4, 0.5) is 4.39 Å². The highest BCUT2D eigenvalue weighted by Crippen LogP contribution is 2.32. The lowest BCUT2D eigenvalue weighted by Crippen LogP contribution is -2.40. The van der Waals surface area contributed by atoms with E-state index in [1.807, 2.05) is 6.92 Å². The normalized spacial score (nSPS) is 21.4. The number of halogens is 1. The second-order valence-electron chi connectivity index (χ2n) is 5.23. The monoisotopic (exact) mass is 281 g/mol. The maximum atomic E-state index is 13.4. The van der Waals surface area contributed by atoms with Crippen LogP contribution in [0.15, 0.2) is 18.2 Å². The van der Waals surface area contributed by atoms with Gasteiger partial charge in [0.25, 0.3) is 0 Å². The number of aliphatic carboxylic acids is 1. The summed E-state index contributed by atoms with van der Waals surface area (Å²) < 4.78 is 18.7. The molecule has 1 heterocycles. The molecule has 0 aromatic heterocycles. The molecule has 1 N–H and O–H groups in total. The number of rotatable bonds is 4. The molecule has 0 radical (unpaired) electrons. The molecule has 2 atom stereocenters. The fourth-order valence-electron chi connectivity index (χ4n) is 2.79. The Hall–Kier alpha value is -1.62. The summed E-state index contributed by atoms with van der Waals surface area (Å²) in [6, 6.07) is 4.38. The molecule has 20 heavy (non-hydrogen) atoms. The Morgan fingerprint density at radius 2 is 2.30 bits per heavy atom. The number of piperidine rings is 1. The number of methoxy groups -OCH3 is 1. The van der Waals surface area contributed by atoms with Crippen LogP contribution in [0.25, 0.3) is 0 Å². The molecule has 1 aromatic carbocycles. The van der Waals surface area contributed by atoms with Crippen LogP contribution in [0.3, 0.4) is 0 Å². The molecule has 1 saturated heterocycles. The van der Waals surface area contributed by atoms with E-state index in [-0.39, 0.29) is 17.8 Å². The SMILES string of the molecule is COc1ccc(F)cc1C(C)N1CCCC(C(=O)O)C1. The van der Waals surface area contributed by atoms with Gasteiger partial charge in [-0.2, -0.15) is 0 Å². The van der Waals surface area contributed by atoms with Crippen LogP contribution < -0.4 is 4.74 Å². The largest absolute Gasteiger partial charge is 0.496 e. The fraction of sp³-hybridized carbons (Fsp3) is 0.533. The van der Waals surface area contributed by atoms with Crippen molar-refractivity contribution in [1.82, 2.24) is 4.90 Å². The molecule has 4 nitrogen and oxygen atoms in total. The van der Waals surface area contributed by atoms with Crippen molar-refractivity contribution in [2.75, 3.05) is 20.2 Å². The lowest BCUT2D eigenvalue weighted by atomic mass is 9.95. The lowest BCUT2D eigenvalue weighted by molar-refractivity contribution is -0.143. The van der Waals surface area contributed by atoms with Gasteiger partial charge in [0.15, 0.2) is 0 Å². The van der Waals surface area contributed by atoms with Gasteiger partial charge in [-0.1, -0.05) is 0 Å². The first-order valence-corrected chi connectivity index (χ1v) is 6.83. The van der Waals surface area contributed by atoms with Crippen LogP contribution in [0.5, 0.6) is 5.75 Å². The van der Waals surface area contributed by atoms with E-state index in [9.17, 15) is 9.18 Å². The summed E-state index contributed by atoms with van der Waals surface area (Å²) in [7, 11) is 1.56. The summed E-state index contributed by atoms with van der Waals surface area (Å²) in [5.41, 5.74) is 0.763. The average molecular weight is 281 g/mol. The quantitative estimate of drug-likeness (QED) is 0.922. The molecule has 1 aliphatic heterocycles. The molecule has 0 bridgehead atoms. The molecule has 0 spiro atoms. The number of hydrogen-bond donors (Lipinski definition) is 1. The average Bonchev–Trinajstić information content (AvgIpc) is 2.46. The Balaban J connectivity index is 2.20. The molecule has 0 amide bonds. The number of ether oxygens (including phenoxy) is 1. The number of benzene rings is 1. The van der Waals surface area contributed by atoms with Crippen molar-refractivity contribution in [1.29, 1.82) is 0 Å². The molecule has 110 valence electrons. The molecular weight excluding hydrogens is 261 g/mol. The van der Waals surface area contributed by atoms with E-state index < -0.39 is 5.97 Å². The molecular formula is C15H20FNO3. The highest BCUT2D eigenvalue weighted by atomic mass is 19.1. The van der Waals surface area contributed by atoms with Gasteiger partial charge in [-0.3, -0.25) is 9.69 Å². The van der Waals surface area contributed by atoms with E-state index in [1.54, 1.807) is 13.2 Å². The van der Waals surface area contributed by atoms with Crippen molar-refractivity contribution in [2.24, 2.45) is 5.92 Å². The second kappa shape index (κ2) is 6.22. The predicted molar refractivity (Wildman–Crippen MR) is 73.3 cm³/mol. The Labute approximate surface area is 118 Å². The maximum absolute atomic E-state index is 13.4. The first-order chi connectivity index (χ1) is 9.52. The van der Waals surface area contributed by atoms with Crippen molar-refractivity contribution >= 4 is 5.97 Å². The minimum atomic E-state index is -0.756. The summed E-state index contributed by atoms with van der Waals surface area (Å²) in [6.07, 6.45) is 1.55. The minimum Gasteiger partial charge on any atom is -0.496 e. The summed E-state index contributed by atoms with van der Waals surface area (Å²) in [5, 5.41) is 9.14. The first-order valence-electron chi connectivity index (χ1n) is 6.83. The zero-order chi connectivity index (χ0) is 14.7. The van der Waals surface area contributed by atoms with E-state index >= 15 is 0 Å². The van der Waals surface area contributed by atoms with Gasteiger partial charge in [-0.15, -0.1) is 0 Å². The third-order valence-corrected chi connectivity index (χ3v) is 3.99. The molecule has 5 heteroatoms. The Kier molecular flexibility index (Phi) is 4.60. The van der Waals surface area contributed by atoms with Gasteiger partial charge in [-0.05, 0) is 44.5 Å². The Morgan fingerprint density at radius 1 is 1.55 bits per heavy atom. The number of hydrogen-bond acceptors (Lipinski definition) is 3. The summed E-state index contributed by atoms with van der Waals surface area (Å²) >= 11 is 0. The van der Waals surface area contributed by atoms with Crippen LogP contribution in [0.2, 0.25) is 0 Å². The van der Waals surface area contributed by atoms with Crippen LogP contribution in [-0.2, 0) is 4.79 Å². The standard InChI is InChI=1S/C15H20FNO3/c1-10(13-8-12(16)5-6-14(13)20-2)17-7-3-4-11(9-17)15(18)19/h5-6,8,10-11H,3-4,7,9H2,1-2H3,(H,18,19). The van der Waals surface area contributed by atoms with E-state index in [4.69, 9.17) is 9.84 Å². The number of carboxylic acids is 1. The van der Waals surface area contributed by atoms with Crippen LogP contribution >= 0.6 is 0 Å². The van der Waals surface area contributed by atoms with Gasteiger partial charge < -0.3 is 9.84 Å². The maximum Gasteiger partial charge on any atom is 0.307 e. The van der Waals surface area contributed by atoms with Crippen molar-refractivity contribution in [3.05, 3.63) is 29.6 Å². The number of carboxylic acid groups (broad SMARTS) is 1. The van der Waals surface area contributed by atoms with Gasteiger partial charge in [0.1, 0.15) is 11.6 Å². The minimum absolute atomic E-state index is 0.0669. The van der Waals surface area contributed by atoms with Crippen molar-refractivity contribution in [3.8, 4) is 5.75 Å². The molecule has 0 saturated carbocycles. The van der Waals surface area contributed by atoms with Gasteiger partial charge in [0, 0.05) is 18.2 Å². The highest BCUT2D eigenvalue weighted by Gasteiger charge is 2.29. The van der Waals surface area contributed by atoms with E-state index in [1.165, 1.54) is 12.1 Å². The van der Waals surface area contributed by atoms with E-state index in [2.05, 4.69) is 4.90 Å². The molecule has 0 aliphatic carbocycles. The summed E-state index contributed by atoms with van der Waals surface area (Å²) in [4.78, 5) is 13.2. The van der Waals surface area contributed by atoms with Crippen molar-refractivity contribution in [3.63, 3.8) is 0 Å². The fourth-order valence-corrected chi connectivity index (χ4v) is 2.79. The summed E-state index contributed by atoms with van der Waals surface area (Å²) in [6.45, 7) is 3.28. The van der Waals surface area contributed by atoms with Gasteiger partial charge in [0.2, 0.25) is 0 Å². The van der Waals surface area contributed by atoms with Crippen LogP contribution in [0, 0.1) is 11.7 Å². The topological polar surface area (TPSA) is 49.8 Å². The Bertz CT molecular complexity index is 492. The third-order valence-electron chi connectivity index (χ3n) is 3.99. The highest BCUT2D eigenvalue weighted by molar-refractivity contribution is 5.70. The number of carbonyl (C=O) groups is 1. The number of nitrogens with zero attached hydrogens (tertiary/aromatic N) is 1. The molecule has 1 aliphatic rings. The molecule has 1 fully saturated rings. The number of likely N-dealkylation sites (tertiary alicyclic amines) is 1. The van der Waals surface area contributed by atoms with Gasteiger partial charge in [0.05, 0.1) is 13.0 Å².